The third kappa shape index (κ3) is 3.25. The molecule has 2 aliphatic rings. The summed E-state index contributed by atoms with van der Waals surface area (Å²) in [6, 6.07) is 7.08. The van der Waals surface area contributed by atoms with E-state index in [2.05, 4.69) is 20.8 Å². The standard InChI is InChI=1S/C17H21BrN2O2/c18-13-6-8-14(9-7-13)20-16(21)12-15(17(20)22)19-10-4-2-1-3-5-11-19/h6-9,15H,1-5,10-12H2. The molecule has 2 amide bonds. The molecule has 4 nitrogen and oxygen atoms in total. The van der Waals surface area contributed by atoms with Gasteiger partial charge in [0.2, 0.25) is 5.91 Å². The summed E-state index contributed by atoms with van der Waals surface area (Å²) in [7, 11) is 0. The molecule has 2 heterocycles. The van der Waals surface area contributed by atoms with Crippen LogP contribution < -0.4 is 4.90 Å². The largest absolute Gasteiger partial charge is 0.292 e. The maximum absolute atomic E-state index is 12.8. The highest BCUT2D eigenvalue weighted by molar-refractivity contribution is 9.10. The molecule has 0 aromatic heterocycles. The Morgan fingerprint density at radius 3 is 2.14 bits per heavy atom. The van der Waals surface area contributed by atoms with Crippen LogP contribution >= 0.6 is 15.9 Å². The smallest absolute Gasteiger partial charge is 0.251 e. The van der Waals surface area contributed by atoms with E-state index in [1.54, 1.807) is 0 Å². The predicted octanol–water partition coefficient (Wildman–Crippen LogP) is 3.35. The van der Waals surface area contributed by atoms with Crippen LogP contribution in [0, 0.1) is 0 Å². The van der Waals surface area contributed by atoms with Crippen molar-refractivity contribution in [3.8, 4) is 0 Å². The van der Waals surface area contributed by atoms with Gasteiger partial charge in [-0.25, -0.2) is 4.90 Å². The van der Waals surface area contributed by atoms with Gasteiger partial charge < -0.3 is 0 Å². The minimum absolute atomic E-state index is 0.0621. The highest BCUT2D eigenvalue weighted by atomic mass is 79.9. The molecule has 1 atom stereocenters. The topological polar surface area (TPSA) is 40.6 Å². The first kappa shape index (κ1) is 15.7. The van der Waals surface area contributed by atoms with E-state index < -0.39 is 0 Å². The van der Waals surface area contributed by atoms with E-state index in [1.807, 2.05) is 24.3 Å². The van der Waals surface area contributed by atoms with Crippen molar-refractivity contribution in [2.45, 2.75) is 44.6 Å². The number of anilines is 1. The Kier molecular flexibility index (Phi) is 4.93. The molecule has 118 valence electrons. The molecule has 3 rings (SSSR count). The van der Waals surface area contributed by atoms with E-state index in [9.17, 15) is 9.59 Å². The second-order valence-electron chi connectivity index (χ2n) is 6.07. The highest BCUT2D eigenvalue weighted by Crippen LogP contribution is 2.28. The van der Waals surface area contributed by atoms with E-state index >= 15 is 0 Å². The van der Waals surface area contributed by atoms with Crippen molar-refractivity contribution in [3.63, 3.8) is 0 Å². The lowest BCUT2D eigenvalue weighted by atomic mass is 10.1. The van der Waals surface area contributed by atoms with Gasteiger partial charge in [-0.05, 0) is 50.2 Å². The maximum Gasteiger partial charge on any atom is 0.251 e. The van der Waals surface area contributed by atoms with E-state index in [1.165, 1.54) is 24.2 Å². The Balaban J connectivity index is 1.76. The molecular formula is C17H21BrN2O2. The van der Waals surface area contributed by atoms with Gasteiger partial charge in [-0.2, -0.15) is 0 Å². The molecule has 0 radical (unpaired) electrons. The van der Waals surface area contributed by atoms with Gasteiger partial charge >= 0.3 is 0 Å². The average molecular weight is 365 g/mol. The molecule has 2 aliphatic heterocycles. The van der Waals surface area contributed by atoms with Gasteiger partial charge in [-0.1, -0.05) is 35.2 Å². The molecule has 0 N–H and O–H groups in total. The van der Waals surface area contributed by atoms with Gasteiger partial charge in [0.1, 0.15) is 0 Å². The molecule has 22 heavy (non-hydrogen) atoms. The molecule has 1 unspecified atom stereocenters. The number of halogens is 1. The van der Waals surface area contributed by atoms with Gasteiger partial charge in [0.25, 0.3) is 5.91 Å². The fourth-order valence-electron chi connectivity index (χ4n) is 3.35. The highest BCUT2D eigenvalue weighted by Gasteiger charge is 2.42. The minimum atomic E-state index is -0.269. The van der Waals surface area contributed by atoms with Crippen molar-refractivity contribution in [3.05, 3.63) is 28.7 Å². The Hall–Kier alpha value is -1.20. The lowest BCUT2D eigenvalue weighted by Crippen LogP contribution is -2.43. The summed E-state index contributed by atoms with van der Waals surface area (Å²) in [6.07, 6.45) is 6.29. The number of hydrogen-bond donors (Lipinski definition) is 0. The monoisotopic (exact) mass is 364 g/mol. The average Bonchev–Trinajstić information content (AvgIpc) is 2.75. The van der Waals surface area contributed by atoms with Crippen molar-refractivity contribution in [2.24, 2.45) is 0 Å². The van der Waals surface area contributed by atoms with E-state index in [4.69, 9.17) is 0 Å². The lowest BCUT2D eigenvalue weighted by Gasteiger charge is -2.28. The first-order valence-corrected chi connectivity index (χ1v) is 8.82. The van der Waals surface area contributed by atoms with Crippen LogP contribution in [0.15, 0.2) is 28.7 Å². The molecule has 1 aromatic carbocycles. The van der Waals surface area contributed by atoms with Crippen LogP contribution in [-0.2, 0) is 9.59 Å². The van der Waals surface area contributed by atoms with Gasteiger partial charge in [0.05, 0.1) is 18.2 Å². The molecule has 0 spiro atoms. The number of likely N-dealkylation sites (tertiary alicyclic amines) is 1. The summed E-state index contributed by atoms with van der Waals surface area (Å²) < 4.78 is 0.940. The number of rotatable bonds is 2. The van der Waals surface area contributed by atoms with Gasteiger partial charge in [-0.3, -0.25) is 14.5 Å². The van der Waals surface area contributed by atoms with E-state index in [0.29, 0.717) is 12.1 Å². The number of carbonyl (C=O) groups excluding carboxylic acids is 2. The third-order valence-electron chi connectivity index (χ3n) is 4.54. The number of imide groups is 1. The quantitative estimate of drug-likeness (QED) is 0.755. The second-order valence-corrected chi connectivity index (χ2v) is 6.98. The van der Waals surface area contributed by atoms with Crippen LogP contribution in [0.5, 0.6) is 0 Å². The van der Waals surface area contributed by atoms with Crippen molar-refractivity contribution in [1.29, 1.82) is 0 Å². The number of amides is 2. The van der Waals surface area contributed by atoms with Crippen LogP contribution in [0.3, 0.4) is 0 Å². The zero-order valence-corrected chi connectivity index (χ0v) is 14.2. The van der Waals surface area contributed by atoms with Crippen molar-refractivity contribution in [1.82, 2.24) is 4.90 Å². The Morgan fingerprint density at radius 2 is 1.50 bits per heavy atom. The van der Waals surface area contributed by atoms with Crippen LogP contribution in [0.25, 0.3) is 0 Å². The first-order valence-electron chi connectivity index (χ1n) is 8.03. The normalized spacial score (nSPS) is 24.4. The van der Waals surface area contributed by atoms with Crippen molar-refractivity contribution < 1.29 is 9.59 Å². The lowest BCUT2D eigenvalue weighted by molar-refractivity contribution is -0.123. The number of nitrogens with zero attached hydrogens (tertiary/aromatic N) is 2. The van der Waals surface area contributed by atoms with Crippen LogP contribution in [0.2, 0.25) is 0 Å². The molecule has 0 saturated carbocycles. The summed E-state index contributed by atoms with van der Waals surface area (Å²) in [6.45, 7) is 1.86. The molecule has 2 fully saturated rings. The maximum atomic E-state index is 12.8. The Labute approximate surface area is 139 Å². The van der Waals surface area contributed by atoms with Gasteiger partial charge in [0, 0.05) is 4.47 Å². The number of benzene rings is 1. The summed E-state index contributed by atoms with van der Waals surface area (Å²) >= 11 is 3.38. The zero-order chi connectivity index (χ0) is 15.5. The molecule has 0 aliphatic carbocycles. The fraction of sp³-hybridized carbons (Fsp3) is 0.529. The second kappa shape index (κ2) is 6.92. The SMILES string of the molecule is O=C1CC(N2CCCCCCC2)C(=O)N1c1ccc(Br)cc1. The van der Waals surface area contributed by atoms with E-state index in [0.717, 1.165) is 30.4 Å². The minimum Gasteiger partial charge on any atom is -0.292 e. The molecule has 5 heteroatoms. The molecule has 0 bridgehead atoms. The fourth-order valence-corrected chi connectivity index (χ4v) is 3.61. The van der Waals surface area contributed by atoms with Crippen molar-refractivity contribution >= 4 is 33.4 Å². The Morgan fingerprint density at radius 1 is 0.909 bits per heavy atom. The predicted molar refractivity (Wildman–Crippen MR) is 89.7 cm³/mol. The number of hydrogen-bond acceptors (Lipinski definition) is 3. The van der Waals surface area contributed by atoms with E-state index in [-0.39, 0.29) is 17.9 Å². The van der Waals surface area contributed by atoms with Gasteiger partial charge in [-0.15, -0.1) is 0 Å². The van der Waals surface area contributed by atoms with Crippen LogP contribution in [0.1, 0.15) is 38.5 Å². The van der Waals surface area contributed by atoms with Crippen LogP contribution in [-0.4, -0.2) is 35.8 Å². The Bertz CT molecular complexity index is 550. The first-order chi connectivity index (χ1) is 10.7. The summed E-state index contributed by atoms with van der Waals surface area (Å²) in [4.78, 5) is 28.7. The molecule has 2 saturated heterocycles. The third-order valence-corrected chi connectivity index (χ3v) is 5.07. The number of carbonyl (C=O) groups is 2. The summed E-state index contributed by atoms with van der Waals surface area (Å²) in [5.74, 6) is -0.146. The molecule has 1 aromatic rings. The van der Waals surface area contributed by atoms with Gasteiger partial charge in [0.15, 0.2) is 0 Å². The summed E-state index contributed by atoms with van der Waals surface area (Å²) in [5.41, 5.74) is 0.674. The zero-order valence-electron chi connectivity index (χ0n) is 12.6. The molecular weight excluding hydrogens is 344 g/mol. The summed E-state index contributed by atoms with van der Waals surface area (Å²) in [5, 5.41) is 0. The van der Waals surface area contributed by atoms with Crippen LogP contribution in [0.4, 0.5) is 5.69 Å². The van der Waals surface area contributed by atoms with Crippen molar-refractivity contribution in [2.75, 3.05) is 18.0 Å².